The lowest BCUT2D eigenvalue weighted by Crippen LogP contribution is -2.07. The molecule has 1 heterocycles. The molecule has 0 fully saturated rings. The molecule has 2 rings (SSSR count). The summed E-state index contributed by atoms with van der Waals surface area (Å²) in [5.41, 5.74) is 1.71. The first-order valence-corrected chi connectivity index (χ1v) is 6.73. The van der Waals surface area contributed by atoms with Gasteiger partial charge in [0.15, 0.2) is 0 Å². The van der Waals surface area contributed by atoms with Gasteiger partial charge >= 0.3 is 0 Å². The van der Waals surface area contributed by atoms with E-state index in [1.165, 1.54) is 20.5 Å². The molecule has 0 aliphatic rings. The monoisotopic (exact) mass is 232 g/mol. The zero-order valence-electron chi connectivity index (χ0n) is 10.8. The Hall–Kier alpha value is -0.820. The summed E-state index contributed by atoms with van der Waals surface area (Å²) >= 11 is 1.94. The van der Waals surface area contributed by atoms with Crippen LogP contribution in [0.4, 0.5) is 0 Å². The first-order chi connectivity index (χ1) is 7.38. The van der Waals surface area contributed by atoms with Crippen LogP contribution in [0.5, 0.6) is 0 Å². The fourth-order valence-corrected chi connectivity index (χ4v) is 2.95. The second kappa shape index (κ2) is 3.89. The van der Waals surface area contributed by atoms with Crippen LogP contribution in [-0.4, -0.2) is 0 Å². The molecule has 0 atom stereocenters. The van der Waals surface area contributed by atoms with E-state index < -0.39 is 0 Å². The lowest BCUT2D eigenvalue weighted by atomic mass is 9.94. The molecule has 2 aromatic rings. The van der Waals surface area contributed by atoms with Gasteiger partial charge in [-0.15, -0.1) is 11.3 Å². The van der Waals surface area contributed by atoms with Crippen molar-refractivity contribution in [1.29, 1.82) is 0 Å². The molecule has 0 spiro atoms. The zero-order chi connectivity index (χ0) is 11.9. The maximum Gasteiger partial charge on any atom is 0.0348 e. The Morgan fingerprint density at radius 3 is 2.31 bits per heavy atom. The quantitative estimate of drug-likeness (QED) is 0.624. The Kier molecular flexibility index (Phi) is 2.83. The van der Waals surface area contributed by atoms with Gasteiger partial charge in [-0.05, 0) is 34.4 Å². The van der Waals surface area contributed by atoms with Crippen LogP contribution < -0.4 is 0 Å². The maximum absolute atomic E-state index is 2.35. The molecule has 0 saturated heterocycles. The van der Waals surface area contributed by atoms with Gasteiger partial charge in [-0.3, -0.25) is 0 Å². The Morgan fingerprint density at radius 2 is 1.75 bits per heavy atom. The topological polar surface area (TPSA) is 0 Å². The fraction of sp³-hybridized carbons (Fsp3) is 0.467. The maximum atomic E-state index is 2.35. The molecular weight excluding hydrogens is 212 g/mol. The van der Waals surface area contributed by atoms with Crippen LogP contribution in [0.2, 0.25) is 0 Å². The third kappa shape index (κ3) is 2.15. The van der Waals surface area contributed by atoms with E-state index in [-0.39, 0.29) is 5.41 Å². The molecule has 0 unspecified atom stereocenters. The van der Waals surface area contributed by atoms with Gasteiger partial charge in [0.25, 0.3) is 0 Å². The SMILES string of the molecule is CC(C)c1ccc2cc(C(C)(C)C)sc2c1. The largest absolute Gasteiger partial charge is 0.140 e. The zero-order valence-corrected chi connectivity index (χ0v) is 11.6. The number of thiophene rings is 1. The van der Waals surface area contributed by atoms with E-state index in [4.69, 9.17) is 0 Å². The summed E-state index contributed by atoms with van der Waals surface area (Å²) < 4.78 is 1.43. The predicted molar refractivity (Wildman–Crippen MR) is 74.6 cm³/mol. The van der Waals surface area contributed by atoms with Crippen LogP contribution in [0, 0.1) is 0 Å². The van der Waals surface area contributed by atoms with Gasteiger partial charge in [0.2, 0.25) is 0 Å². The lowest BCUT2D eigenvalue weighted by molar-refractivity contribution is 0.604. The van der Waals surface area contributed by atoms with Crippen molar-refractivity contribution < 1.29 is 0 Å². The summed E-state index contributed by atoms with van der Waals surface area (Å²) in [6.07, 6.45) is 0. The lowest BCUT2D eigenvalue weighted by Gasteiger charge is -2.14. The first kappa shape index (κ1) is 11.7. The highest BCUT2D eigenvalue weighted by Crippen LogP contribution is 2.35. The van der Waals surface area contributed by atoms with Gasteiger partial charge in [0.05, 0.1) is 0 Å². The van der Waals surface area contributed by atoms with E-state index >= 15 is 0 Å². The number of hydrogen-bond acceptors (Lipinski definition) is 1. The van der Waals surface area contributed by atoms with Crippen molar-refractivity contribution in [3.63, 3.8) is 0 Å². The highest BCUT2D eigenvalue weighted by molar-refractivity contribution is 7.19. The molecule has 0 nitrogen and oxygen atoms in total. The van der Waals surface area contributed by atoms with Crippen LogP contribution in [0.25, 0.3) is 10.1 Å². The van der Waals surface area contributed by atoms with Gasteiger partial charge in [-0.25, -0.2) is 0 Å². The van der Waals surface area contributed by atoms with E-state index in [1.54, 1.807) is 0 Å². The summed E-state index contributed by atoms with van der Waals surface area (Å²) in [7, 11) is 0. The van der Waals surface area contributed by atoms with Crippen molar-refractivity contribution >= 4 is 21.4 Å². The normalized spacial score (nSPS) is 12.6. The van der Waals surface area contributed by atoms with E-state index in [9.17, 15) is 0 Å². The van der Waals surface area contributed by atoms with Crippen molar-refractivity contribution in [2.45, 2.75) is 46.0 Å². The van der Waals surface area contributed by atoms with Gasteiger partial charge in [0, 0.05) is 9.58 Å². The van der Waals surface area contributed by atoms with Crippen molar-refractivity contribution in [1.82, 2.24) is 0 Å². The van der Waals surface area contributed by atoms with Gasteiger partial charge < -0.3 is 0 Å². The smallest absolute Gasteiger partial charge is 0.0348 e. The molecule has 1 heteroatoms. The molecule has 1 aromatic carbocycles. The summed E-state index contributed by atoms with van der Waals surface area (Å²) in [4.78, 5) is 1.48. The summed E-state index contributed by atoms with van der Waals surface area (Å²) in [6.45, 7) is 11.3. The van der Waals surface area contributed by atoms with E-state index in [0.717, 1.165) is 0 Å². The predicted octanol–water partition coefficient (Wildman–Crippen LogP) is 5.32. The van der Waals surface area contributed by atoms with Crippen LogP contribution in [0.1, 0.15) is 51.0 Å². The molecule has 0 aliphatic heterocycles. The highest BCUT2D eigenvalue weighted by Gasteiger charge is 2.16. The Morgan fingerprint density at radius 1 is 1.06 bits per heavy atom. The molecular formula is C15H20S. The third-order valence-electron chi connectivity index (χ3n) is 2.95. The molecule has 1 aromatic heterocycles. The van der Waals surface area contributed by atoms with E-state index in [2.05, 4.69) is 58.9 Å². The molecule has 0 saturated carbocycles. The highest BCUT2D eigenvalue weighted by atomic mass is 32.1. The minimum absolute atomic E-state index is 0.266. The number of benzene rings is 1. The Balaban J connectivity index is 2.54. The van der Waals surface area contributed by atoms with Crippen LogP contribution in [0.15, 0.2) is 24.3 Å². The first-order valence-electron chi connectivity index (χ1n) is 5.92. The summed E-state index contributed by atoms with van der Waals surface area (Å²) in [5.74, 6) is 0.615. The average Bonchev–Trinajstić information content (AvgIpc) is 2.58. The molecule has 0 radical (unpaired) electrons. The second-order valence-electron chi connectivity index (χ2n) is 5.81. The summed E-state index contributed by atoms with van der Waals surface area (Å²) in [6, 6.07) is 9.20. The van der Waals surface area contributed by atoms with Gasteiger partial charge in [-0.1, -0.05) is 46.8 Å². The standard InChI is InChI=1S/C15H20S/c1-10(2)11-6-7-12-9-14(15(3,4)5)16-13(12)8-11/h6-10H,1-5H3. The molecule has 0 amide bonds. The number of rotatable bonds is 1. The van der Waals surface area contributed by atoms with E-state index in [1.807, 2.05) is 11.3 Å². The fourth-order valence-electron chi connectivity index (χ4n) is 1.78. The third-order valence-corrected chi connectivity index (χ3v) is 4.47. The minimum Gasteiger partial charge on any atom is -0.140 e. The van der Waals surface area contributed by atoms with Crippen molar-refractivity contribution in [2.75, 3.05) is 0 Å². The van der Waals surface area contributed by atoms with Gasteiger partial charge in [0.1, 0.15) is 0 Å². The van der Waals surface area contributed by atoms with Crippen LogP contribution >= 0.6 is 11.3 Å². The van der Waals surface area contributed by atoms with Gasteiger partial charge in [-0.2, -0.15) is 0 Å². The van der Waals surface area contributed by atoms with E-state index in [0.29, 0.717) is 5.92 Å². The minimum atomic E-state index is 0.266. The molecule has 0 N–H and O–H groups in total. The number of fused-ring (bicyclic) bond motifs is 1. The average molecular weight is 232 g/mol. The molecule has 86 valence electrons. The molecule has 0 bridgehead atoms. The van der Waals surface area contributed by atoms with Crippen molar-refractivity contribution in [3.8, 4) is 0 Å². The Labute approximate surface area is 102 Å². The molecule has 16 heavy (non-hydrogen) atoms. The van der Waals surface area contributed by atoms with Crippen LogP contribution in [0.3, 0.4) is 0 Å². The van der Waals surface area contributed by atoms with Crippen molar-refractivity contribution in [2.24, 2.45) is 0 Å². The van der Waals surface area contributed by atoms with Crippen molar-refractivity contribution in [3.05, 3.63) is 34.7 Å². The number of hydrogen-bond donors (Lipinski definition) is 0. The molecule has 0 aliphatic carbocycles. The summed E-state index contributed by atoms with van der Waals surface area (Å²) in [5, 5.41) is 1.39. The second-order valence-corrected chi connectivity index (χ2v) is 6.90. The van der Waals surface area contributed by atoms with Crippen LogP contribution in [-0.2, 0) is 5.41 Å². The Bertz CT molecular complexity index is 498.